The molecule has 2 aromatic rings. The van der Waals surface area contributed by atoms with Crippen molar-refractivity contribution in [1.82, 2.24) is 10.2 Å². The highest BCUT2D eigenvalue weighted by molar-refractivity contribution is 6.29. The van der Waals surface area contributed by atoms with E-state index in [9.17, 15) is 5.11 Å². The molecular weight excluding hydrogens is 273 g/mol. The highest BCUT2D eigenvalue weighted by Gasteiger charge is 2.06. The fourth-order valence-electron chi connectivity index (χ4n) is 1.40. The zero-order chi connectivity index (χ0) is 12.1. The summed E-state index contributed by atoms with van der Waals surface area (Å²) >= 11 is 5.62. The van der Waals surface area contributed by atoms with Gasteiger partial charge in [-0.3, -0.25) is 0 Å². The number of hydrogen-bond acceptors (Lipinski definition) is 4. The molecule has 2 rings (SSSR count). The first-order valence-electron chi connectivity index (χ1n) is 5.22. The molecule has 0 bridgehead atoms. The molecule has 0 saturated heterocycles. The Bertz CT molecular complexity index is 465. The summed E-state index contributed by atoms with van der Waals surface area (Å²) in [6.45, 7) is 0.375. The van der Waals surface area contributed by atoms with Crippen molar-refractivity contribution in [1.29, 1.82) is 0 Å². The monoisotopic (exact) mass is 285 g/mol. The first-order valence-corrected chi connectivity index (χ1v) is 5.59. The maximum Gasteiger partial charge on any atom is 0.151 e. The van der Waals surface area contributed by atoms with Crippen LogP contribution in [0.4, 0.5) is 5.82 Å². The minimum atomic E-state index is -0.575. The molecular formula is C12H13Cl2N3O. The van der Waals surface area contributed by atoms with Gasteiger partial charge in [0, 0.05) is 6.54 Å². The molecule has 96 valence electrons. The predicted molar refractivity (Wildman–Crippen MR) is 74.2 cm³/mol. The highest BCUT2D eigenvalue weighted by atomic mass is 35.5. The zero-order valence-corrected chi connectivity index (χ0v) is 11.0. The smallest absolute Gasteiger partial charge is 0.151 e. The van der Waals surface area contributed by atoms with Crippen molar-refractivity contribution < 1.29 is 5.11 Å². The normalized spacial score (nSPS) is 11.4. The maximum atomic E-state index is 9.90. The van der Waals surface area contributed by atoms with Crippen LogP contribution in [-0.2, 0) is 0 Å². The summed E-state index contributed by atoms with van der Waals surface area (Å²) in [6.07, 6.45) is -0.575. The van der Waals surface area contributed by atoms with Gasteiger partial charge in [0.1, 0.15) is 5.82 Å². The Balaban J connectivity index is 0.00000162. The van der Waals surface area contributed by atoms with Crippen LogP contribution in [0, 0.1) is 0 Å². The van der Waals surface area contributed by atoms with Crippen LogP contribution in [0.5, 0.6) is 0 Å². The summed E-state index contributed by atoms with van der Waals surface area (Å²) in [7, 11) is 0. The zero-order valence-electron chi connectivity index (χ0n) is 9.45. The van der Waals surface area contributed by atoms with Crippen molar-refractivity contribution in [3.8, 4) is 0 Å². The third kappa shape index (κ3) is 4.14. The molecule has 4 nitrogen and oxygen atoms in total. The number of nitrogens with one attached hydrogen (secondary N) is 1. The molecule has 0 radical (unpaired) electrons. The van der Waals surface area contributed by atoms with Crippen molar-refractivity contribution in [2.45, 2.75) is 6.10 Å². The lowest BCUT2D eigenvalue weighted by atomic mass is 10.1. The highest BCUT2D eigenvalue weighted by Crippen LogP contribution is 2.13. The molecule has 1 aromatic carbocycles. The Morgan fingerprint density at radius 2 is 1.83 bits per heavy atom. The van der Waals surface area contributed by atoms with E-state index in [4.69, 9.17) is 11.6 Å². The number of aromatic nitrogens is 2. The Morgan fingerprint density at radius 1 is 1.11 bits per heavy atom. The Morgan fingerprint density at radius 3 is 2.44 bits per heavy atom. The molecule has 1 aromatic heterocycles. The predicted octanol–water partition coefficient (Wildman–Crippen LogP) is 2.70. The van der Waals surface area contributed by atoms with Gasteiger partial charge in [0.05, 0.1) is 6.10 Å². The van der Waals surface area contributed by atoms with E-state index in [2.05, 4.69) is 15.5 Å². The van der Waals surface area contributed by atoms with Crippen LogP contribution in [0.3, 0.4) is 0 Å². The van der Waals surface area contributed by atoms with E-state index in [1.165, 1.54) is 0 Å². The van der Waals surface area contributed by atoms with E-state index in [0.29, 0.717) is 17.5 Å². The van der Waals surface area contributed by atoms with Gasteiger partial charge in [-0.15, -0.1) is 22.6 Å². The van der Waals surface area contributed by atoms with Gasteiger partial charge in [0.25, 0.3) is 0 Å². The van der Waals surface area contributed by atoms with Gasteiger partial charge in [-0.2, -0.15) is 0 Å². The number of aliphatic hydroxyl groups excluding tert-OH is 1. The van der Waals surface area contributed by atoms with Gasteiger partial charge in [0.15, 0.2) is 5.15 Å². The molecule has 2 N–H and O–H groups in total. The Kier molecular flexibility index (Phi) is 5.85. The standard InChI is InChI=1S/C12H12ClN3O.ClH/c13-11-6-7-12(16-15-11)14-8-10(17)9-4-2-1-3-5-9;/h1-7,10,17H,8H2,(H,14,16);1H. The second-order valence-electron chi connectivity index (χ2n) is 3.55. The van der Waals surface area contributed by atoms with Crippen molar-refractivity contribution in [3.05, 3.63) is 53.2 Å². The van der Waals surface area contributed by atoms with Crippen LogP contribution in [-0.4, -0.2) is 21.8 Å². The molecule has 6 heteroatoms. The van der Waals surface area contributed by atoms with Crippen molar-refractivity contribution in [3.63, 3.8) is 0 Å². The number of hydrogen-bond donors (Lipinski definition) is 2. The van der Waals surface area contributed by atoms with E-state index in [-0.39, 0.29) is 12.4 Å². The lowest BCUT2D eigenvalue weighted by Crippen LogP contribution is -2.13. The molecule has 0 saturated carbocycles. The molecule has 18 heavy (non-hydrogen) atoms. The maximum absolute atomic E-state index is 9.90. The van der Waals surface area contributed by atoms with E-state index >= 15 is 0 Å². The first kappa shape index (κ1) is 14.7. The molecule has 0 fully saturated rings. The van der Waals surface area contributed by atoms with Crippen LogP contribution < -0.4 is 5.32 Å². The van der Waals surface area contributed by atoms with Crippen LogP contribution in [0.15, 0.2) is 42.5 Å². The average Bonchev–Trinajstić information content (AvgIpc) is 2.39. The van der Waals surface area contributed by atoms with E-state index in [1.54, 1.807) is 12.1 Å². The summed E-state index contributed by atoms with van der Waals surface area (Å²) < 4.78 is 0. The summed E-state index contributed by atoms with van der Waals surface area (Å²) in [6, 6.07) is 12.8. The van der Waals surface area contributed by atoms with Crippen LogP contribution in [0.1, 0.15) is 11.7 Å². The molecule has 0 aliphatic carbocycles. The van der Waals surface area contributed by atoms with Gasteiger partial charge >= 0.3 is 0 Å². The number of nitrogens with zero attached hydrogens (tertiary/aromatic N) is 2. The van der Waals surface area contributed by atoms with Gasteiger partial charge in [-0.05, 0) is 17.7 Å². The number of aliphatic hydroxyl groups is 1. The summed E-state index contributed by atoms with van der Waals surface area (Å²) in [5.41, 5.74) is 0.863. The van der Waals surface area contributed by atoms with Crippen molar-refractivity contribution in [2.75, 3.05) is 11.9 Å². The molecule has 1 heterocycles. The molecule has 0 spiro atoms. The summed E-state index contributed by atoms with van der Waals surface area (Å²) in [4.78, 5) is 0. The Labute approximate surface area is 116 Å². The summed E-state index contributed by atoms with van der Waals surface area (Å²) in [5.74, 6) is 0.587. The molecule has 0 aliphatic rings. The second kappa shape index (κ2) is 7.16. The van der Waals surface area contributed by atoms with Gasteiger partial charge < -0.3 is 10.4 Å². The van der Waals surface area contributed by atoms with Gasteiger partial charge in [0.2, 0.25) is 0 Å². The fourth-order valence-corrected chi connectivity index (χ4v) is 1.51. The fraction of sp³-hybridized carbons (Fsp3) is 0.167. The van der Waals surface area contributed by atoms with Crippen molar-refractivity contribution in [2.24, 2.45) is 0 Å². The molecule has 1 unspecified atom stereocenters. The average molecular weight is 286 g/mol. The van der Waals surface area contributed by atoms with E-state index in [1.807, 2.05) is 30.3 Å². The second-order valence-corrected chi connectivity index (χ2v) is 3.94. The largest absolute Gasteiger partial charge is 0.387 e. The summed E-state index contributed by atoms with van der Waals surface area (Å²) in [5, 5.41) is 20.8. The number of anilines is 1. The first-order chi connectivity index (χ1) is 8.25. The number of rotatable bonds is 4. The van der Waals surface area contributed by atoms with Crippen molar-refractivity contribution >= 4 is 29.8 Å². The SMILES string of the molecule is Cl.OC(CNc1ccc(Cl)nn1)c1ccccc1. The minimum absolute atomic E-state index is 0. The molecule has 1 atom stereocenters. The lowest BCUT2D eigenvalue weighted by molar-refractivity contribution is 0.191. The van der Waals surface area contributed by atoms with Crippen LogP contribution in [0.2, 0.25) is 5.15 Å². The Hall–Kier alpha value is -1.36. The van der Waals surface area contributed by atoms with Crippen LogP contribution >= 0.6 is 24.0 Å². The topological polar surface area (TPSA) is 58.0 Å². The molecule has 0 aliphatic heterocycles. The lowest BCUT2D eigenvalue weighted by Gasteiger charge is -2.11. The van der Waals surface area contributed by atoms with Gasteiger partial charge in [-0.25, -0.2) is 0 Å². The third-order valence-electron chi connectivity index (χ3n) is 2.29. The quantitative estimate of drug-likeness (QED) is 0.907. The third-order valence-corrected chi connectivity index (χ3v) is 2.49. The van der Waals surface area contributed by atoms with E-state index < -0.39 is 6.10 Å². The number of halogens is 2. The minimum Gasteiger partial charge on any atom is -0.387 e. The number of benzene rings is 1. The van der Waals surface area contributed by atoms with E-state index in [0.717, 1.165) is 5.56 Å². The van der Waals surface area contributed by atoms with Gasteiger partial charge in [-0.1, -0.05) is 41.9 Å². The van der Waals surface area contributed by atoms with Crippen LogP contribution in [0.25, 0.3) is 0 Å². The molecule has 0 amide bonds.